The number of nitrogens with one attached hydrogen (secondary N) is 1. The van der Waals surface area contributed by atoms with E-state index >= 15 is 0 Å². The molecule has 1 rings (SSSR count). The molecular formula is C13H17F3N2O2. The van der Waals surface area contributed by atoms with Crippen LogP contribution in [-0.2, 0) is 6.18 Å². The maximum atomic E-state index is 12.4. The number of aliphatic hydroxyl groups excluding tert-OH is 1. The molecular weight excluding hydrogens is 273 g/mol. The van der Waals surface area contributed by atoms with Gasteiger partial charge in [-0.2, -0.15) is 13.2 Å². The number of amides is 2. The van der Waals surface area contributed by atoms with Crippen molar-refractivity contribution in [2.75, 3.05) is 20.2 Å². The molecule has 0 aliphatic rings. The fourth-order valence-electron chi connectivity index (χ4n) is 1.59. The molecule has 0 unspecified atom stereocenters. The number of likely N-dealkylation sites (N-methyl/N-ethyl adjacent to an activating group) is 1. The minimum absolute atomic E-state index is 0.154. The number of hydrogen-bond donors (Lipinski definition) is 2. The average molecular weight is 290 g/mol. The van der Waals surface area contributed by atoms with Crippen LogP contribution in [0.25, 0.3) is 0 Å². The number of aliphatic hydroxyl groups is 1. The number of nitrogens with zero attached hydrogens (tertiary/aromatic N) is 1. The molecule has 7 heteroatoms. The zero-order valence-electron chi connectivity index (χ0n) is 11.2. The monoisotopic (exact) mass is 290 g/mol. The molecule has 0 aliphatic carbocycles. The number of carbonyl (C=O) groups is 1. The second-order valence-corrected chi connectivity index (χ2v) is 4.44. The van der Waals surface area contributed by atoms with Gasteiger partial charge >= 0.3 is 12.2 Å². The molecule has 2 N–H and O–H groups in total. The largest absolute Gasteiger partial charge is 0.416 e. The summed E-state index contributed by atoms with van der Waals surface area (Å²) in [5, 5.41) is 11.3. The quantitative estimate of drug-likeness (QED) is 0.894. The molecule has 0 fully saturated rings. The van der Waals surface area contributed by atoms with Gasteiger partial charge in [0, 0.05) is 13.6 Å². The lowest BCUT2D eigenvalue weighted by Crippen LogP contribution is -2.39. The Morgan fingerprint density at radius 2 is 1.90 bits per heavy atom. The van der Waals surface area contributed by atoms with E-state index in [1.165, 1.54) is 24.1 Å². The van der Waals surface area contributed by atoms with Gasteiger partial charge in [0.25, 0.3) is 0 Å². The number of carbonyl (C=O) groups excluding carboxylic acids is 1. The molecule has 0 aliphatic heterocycles. The first kappa shape index (κ1) is 16.3. The predicted octanol–water partition coefficient (Wildman–Crippen LogP) is 2.40. The Bertz CT molecular complexity index is 446. The third-order valence-electron chi connectivity index (χ3n) is 2.86. The Hall–Kier alpha value is -1.76. The van der Waals surface area contributed by atoms with Crippen molar-refractivity contribution in [3.63, 3.8) is 0 Å². The zero-order chi connectivity index (χ0) is 15.3. The van der Waals surface area contributed by atoms with Crippen LogP contribution in [0.5, 0.6) is 0 Å². The van der Waals surface area contributed by atoms with E-state index in [-0.39, 0.29) is 13.2 Å². The van der Waals surface area contributed by atoms with E-state index in [1.807, 2.05) is 0 Å². The van der Waals surface area contributed by atoms with Crippen LogP contribution in [0, 0.1) is 0 Å². The van der Waals surface area contributed by atoms with Crippen LogP contribution < -0.4 is 5.32 Å². The first-order valence-electron chi connectivity index (χ1n) is 6.05. The molecule has 1 aromatic rings. The van der Waals surface area contributed by atoms with Crippen LogP contribution in [0.4, 0.5) is 18.0 Å². The predicted molar refractivity (Wildman–Crippen MR) is 68.1 cm³/mol. The molecule has 112 valence electrons. The van der Waals surface area contributed by atoms with Crippen LogP contribution in [0.3, 0.4) is 0 Å². The number of rotatable bonds is 4. The lowest BCUT2D eigenvalue weighted by atomic mass is 10.1. The minimum Gasteiger partial charge on any atom is -0.395 e. The van der Waals surface area contributed by atoms with Gasteiger partial charge in [-0.25, -0.2) is 4.79 Å². The highest BCUT2D eigenvalue weighted by Gasteiger charge is 2.30. The normalized spacial score (nSPS) is 12.9. The van der Waals surface area contributed by atoms with Crippen LogP contribution >= 0.6 is 0 Å². The summed E-state index contributed by atoms with van der Waals surface area (Å²) in [6, 6.07) is 3.81. The van der Waals surface area contributed by atoms with Gasteiger partial charge in [-0.15, -0.1) is 0 Å². The third kappa shape index (κ3) is 4.41. The Labute approximate surface area is 115 Å². The van der Waals surface area contributed by atoms with Crippen molar-refractivity contribution in [3.8, 4) is 0 Å². The second-order valence-electron chi connectivity index (χ2n) is 4.44. The summed E-state index contributed by atoms with van der Waals surface area (Å²) in [4.78, 5) is 13.0. The molecule has 0 heterocycles. The first-order valence-corrected chi connectivity index (χ1v) is 6.05. The summed E-state index contributed by atoms with van der Waals surface area (Å²) in [5.74, 6) is 0. The summed E-state index contributed by atoms with van der Waals surface area (Å²) < 4.78 is 37.3. The third-order valence-corrected chi connectivity index (χ3v) is 2.86. The van der Waals surface area contributed by atoms with Crippen LogP contribution in [-0.4, -0.2) is 36.2 Å². The molecule has 20 heavy (non-hydrogen) atoms. The van der Waals surface area contributed by atoms with E-state index in [4.69, 9.17) is 5.11 Å². The van der Waals surface area contributed by atoms with E-state index < -0.39 is 23.8 Å². The van der Waals surface area contributed by atoms with Crippen LogP contribution in [0.2, 0.25) is 0 Å². The van der Waals surface area contributed by atoms with E-state index in [2.05, 4.69) is 5.32 Å². The molecule has 0 aromatic heterocycles. The van der Waals surface area contributed by atoms with Gasteiger partial charge in [0.2, 0.25) is 0 Å². The molecule has 0 saturated heterocycles. The summed E-state index contributed by atoms with van der Waals surface area (Å²) in [6.07, 6.45) is -4.37. The zero-order valence-corrected chi connectivity index (χ0v) is 11.2. The number of alkyl halides is 3. The Morgan fingerprint density at radius 1 is 1.35 bits per heavy atom. The van der Waals surface area contributed by atoms with E-state index in [0.29, 0.717) is 5.56 Å². The average Bonchev–Trinajstić information content (AvgIpc) is 2.38. The van der Waals surface area contributed by atoms with Gasteiger partial charge in [-0.05, 0) is 24.6 Å². The lowest BCUT2D eigenvalue weighted by molar-refractivity contribution is -0.137. The van der Waals surface area contributed by atoms with Gasteiger partial charge in [0.1, 0.15) is 0 Å². The Morgan fingerprint density at radius 3 is 2.35 bits per heavy atom. The van der Waals surface area contributed by atoms with Crippen molar-refractivity contribution < 1.29 is 23.1 Å². The van der Waals surface area contributed by atoms with Crippen molar-refractivity contribution in [1.29, 1.82) is 0 Å². The molecule has 1 atom stereocenters. The first-order chi connectivity index (χ1) is 9.25. The number of hydrogen-bond acceptors (Lipinski definition) is 2. The van der Waals surface area contributed by atoms with Gasteiger partial charge in [-0.1, -0.05) is 12.1 Å². The maximum absolute atomic E-state index is 12.4. The summed E-state index contributed by atoms with van der Waals surface area (Å²) in [7, 11) is 1.52. The van der Waals surface area contributed by atoms with E-state index in [9.17, 15) is 18.0 Å². The highest BCUT2D eigenvalue weighted by molar-refractivity contribution is 5.74. The van der Waals surface area contributed by atoms with Crippen molar-refractivity contribution in [2.24, 2.45) is 0 Å². The molecule has 4 nitrogen and oxygen atoms in total. The second kappa shape index (κ2) is 6.60. The number of halogens is 3. The van der Waals surface area contributed by atoms with Crippen molar-refractivity contribution >= 4 is 6.03 Å². The Kier molecular flexibility index (Phi) is 5.38. The summed E-state index contributed by atoms with van der Waals surface area (Å²) in [6.45, 7) is 1.71. The Balaban J connectivity index is 2.69. The molecule has 2 amide bonds. The standard InChI is InChI=1S/C13H17F3N2O2/c1-9(17-12(20)18(2)7-8-19)10-3-5-11(6-4-10)13(14,15)16/h3-6,9,19H,7-8H2,1-2H3,(H,17,20)/t9-/m1/s1. The van der Waals surface area contributed by atoms with Crippen molar-refractivity contribution in [2.45, 2.75) is 19.1 Å². The smallest absolute Gasteiger partial charge is 0.395 e. The number of urea groups is 1. The lowest BCUT2D eigenvalue weighted by Gasteiger charge is -2.21. The topological polar surface area (TPSA) is 52.6 Å². The van der Waals surface area contributed by atoms with E-state index in [0.717, 1.165) is 12.1 Å². The highest BCUT2D eigenvalue weighted by Crippen LogP contribution is 2.29. The fraction of sp³-hybridized carbons (Fsp3) is 0.462. The van der Waals surface area contributed by atoms with Crippen LogP contribution in [0.15, 0.2) is 24.3 Å². The highest BCUT2D eigenvalue weighted by atomic mass is 19.4. The molecule has 0 radical (unpaired) electrons. The summed E-state index contributed by atoms with van der Waals surface area (Å²) in [5.41, 5.74) is -0.152. The molecule has 0 bridgehead atoms. The van der Waals surface area contributed by atoms with Gasteiger partial charge in [-0.3, -0.25) is 0 Å². The SMILES string of the molecule is C[C@@H](NC(=O)N(C)CCO)c1ccc(C(F)(F)F)cc1. The van der Waals surface area contributed by atoms with Gasteiger partial charge in [0.05, 0.1) is 18.2 Å². The maximum Gasteiger partial charge on any atom is 0.416 e. The number of benzene rings is 1. The van der Waals surface area contributed by atoms with Crippen LogP contribution in [0.1, 0.15) is 24.1 Å². The van der Waals surface area contributed by atoms with Gasteiger partial charge < -0.3 is 15.3 Å². The van der Waals surface area contributed by atoms with Crippen molar-refractivity contribution in [3.05, 3.63) is 35.4 Å². The van der Waals surface area contributed by atoms with Gasteiger partial charge in [0.15, 0.2) is 0 Å². The van der Waals surface area contributed by atoms with E-state index in [1.54, 1.807) is 6.92 Å². The molecule has 0 saturated carbocycles. The summed E-state index contributed by atoms with van der Waals surface area (Å²) >= 11 is 0. The fourth-order valence-corrected chi connectivity index (χ4v) is 1.59. The van der Waals surface area contributed by atoms with Crippen molar-refractivity contribution in [1.82, 2.24) is 10.2 Å². The minimum atomic E-state index is -4.37. The molecule has 0 spiro atoms. The molecule has 1 aromatic carbocycles.